The van der Waals surface area contributed by atoms with Crippen LogP contribution in [0.5, 0.6) is 0 Å². The molecule has 3 aromatic rings. The number of hydrogen-bond donors (Lipinski definition) is 3. The van der Waals surface area contributed by atoms with Gasteiger partial charge in [-0.05, 0) is 49.4 Å². The van der Waals surface area contributed by atoms with Crippen LogP contribution in [-0.4, -0.2) is 33.0 Å². The van der Waals surface area contributed by atoms with Crippen molar-refractivity contribution in [1.29, 1.82) is 0 Å². The Morgan fingerprint density at radius 3 is 2.92 bits per heavy atom. The number of nitrogens with zero attached hydrogens (tertiary/aromatic N) is 3. The van der Waals surface area contributed by atoms with Crippen LogP contribution in [0.15, 0.2) is 84.0 Å². The highest BCUT2D eigenvalue weighted by atomic mass is 35.5. The number of halogens is 2. The van der Waals surface area contributed by atoms with Crippen molar-refractivity contribution in [2.75, 3.05) is 18.7 Å². The number of aliphatic hydroxyl groups is 1. The highest BCUT2D eigenvalue weighted by molar-refractivity contribution is 6.30. The fourth-order valence-electron chi connectivity index (χ4n) is 4.06. The van der Waals surface area contributed by atoms with Gasteiger partial charge in [-0.15, -0.1) is 0 Å². The molecule has 2 bridgehead atoms. The molecule has 2 unspecified atom stereocenters. The SMILES string of the molecule is Cc1cnc(NC2=CC3=C=C(C=C2)OCO3)nc1-n1ccc(C(C)NC(CO)c2cccc(Cl)c2F)c1. The highest BCUT2D eigenvalue weighted by Crippen LogP contribution is 2.27. The van der Waals surface area contributed by atoms with Crippen LogP contribution >= 0.6 is 11.6 Å². The molecular weight excluding hydrogens is 497 g/mol. The zero-order chi connectivity index (χ0) is 25.9. The van der Waals surface area contributed by atoms with Gasteiger partial charge in [-0.25, -0.2) is 9.37 Å². The summed E-state index contributed by atoms with van der Waals surface area (Å²) in [5.74, 6) is 1.75. The molecule has 0 spiro atoms. The molecule has 1 aromatic carbocycles. The normalized spacial score (nSPS) is 16.0. The lowest BCUT2D eigenvalue weighted by Crippen LogP contribution is -2.28. The summed E-state index contributed by atoms with van der Waals surface area (Å²) < 4.78 is 27.2. The van der Waals surface area contributed by atoms with Crippen LogP contribution in [0.4, 0.5) is 10.3 Å². The Bertz CT molecular complexity index is 1460. The fraction of sp³-hybridized carbons (Fsp3) is 0.222. The molecule has 8 nitrogen and oxygen atoms in total. The second-order valence-electron chi connectivity index (χ2n) is 8.64. The zero-order valence-electron chi connectivity index (χ0n) is 20.2. The summed E-state index contributed by atoms with van der Waals surface area (Å²) in [5.41, 5.74) is 5.88. The van der Waals surface area contributed by atoms with Gasteiger partial charge in [-0.2, -0.15) is 4.98 Å². The monoisotopic (exact) mass is 521 g/mol. The van der Waals surface area contributed by atoms with Gasteiger partial charge >= 0.3 is 0 Å². The molecule has 1 aliphatic heterocycles. The van der Waals surface area contributed by atoms with Gasteiger partial charge in [-0.1, -0.05) is 23.7 Å². The first kappa shape index (κ1) is 24.8. The quantitative estimate of drug-likeness (QED) is 0.360. The Morgan fingerprint density at radius 1 is 1.24 bits per heavy atom. The summed E-state index contributed by atoms with van der Waals surface area (Å²) >= 11 is 5.93. The highest BCUT2D eigenvalue weighted by Gasteiger charge is 2.20. The number of allylic oxidation sites excluding steroid dienone is 2. The molecule has 1 aliphatic carbocycles. The molecule has 2 aromatic heterocycles. The minimum atomic E-state index is -0.617. The third-order valence-electron chi connectivity index (χ3n) is 6.03. The van der Waals surface area contributed by atoms with Gasteiger partial charge in [0, 0.05) is 47.5 Å². The molecule has 2 aliphatic rings. The summed E-state index contributed by atoms with van der Waals surface area (Å²) in [6.45, 7) is 3.74. The van der Waals surface area contributed by atoms with E-state index < -0.39 is 11.9 Å². The lowest BCUT2D eigenvalue weighted by molar-refractivity contribution is 0.0135. The average Bonchev–Trinajstić information content (AvgIpc) is 3.34. The van der Waals surface area contributed by atoms with Crippen molar-refractivity contribution < 1.29 is 19.0 Å². The van der Waals surface area contributed by atoms with Crippen molar-refractivity contribution in [3.8, 4) is 5.82 Å². The largest absolute Gasteiger partial charge is 0.450 e. The third kappa shape index (κ3) is 5.45. The zero-order valence-corrected chi connectivity index (χ0v) is 21.0. The number of rotatable bonds is 8. The minimum Gasteiger partial charge on any atom is -0.450 e. The fourth-order valence-corrected chi connectivity index (χ4v) is 4.25. The van der Waals surface area contributed by atoms with Crippen molar-refractivity contribution in [3.63, 3.8) is 0 Å². The van der Waals surface area contributed by atoms with E-state index >= 15 is 0 Å². The standard InChI is InChI=1S/C27H25ClFN5O3/c1-16-12-30-27(32-19-6-7-20-11-21(10-19)37-15-36-20)33-26(16)34-9-8-18(13-34)17(2)31-24(14-35)22-4-3-5-23(28)25(22)29/h3-10,12-13,17,24,31,35H,14-15H2,1-2H3,(H,30,32,33). The summed E-state index contributed by atoms with van der Waals surface area (Å²) in [7, 11) is 0. The number of aromatic nitrogens is 3. The van der Waals surface area contributed by atoms with Gasteiger partial charge in [0.2, 0.25) is 12.7 Å². The number of aliphatic hydroxyl groups excluding tert-OH is 1. The van der Waals surface area contributed by atoms with E-state index in [1.54, 1.807) is 30.5 Å². The van der Waals surface area contributed by atoms with Gasteiger partial charge < -0.3 is 29.8 Å². The van der Waals surface area contributed by atoms with E-state index in [-0.39, 0.29) is 24.5 Å². The molecule has 0 saturated heterocycles. The molecule has 2 atom stereocenters. The second-order valence-corrected chi connectivity index (χ2v) is 9.04. The van der Waals surface area contributed by atoms with E-state index in [0.29, 0.717) is 28.8 Å². The first-order valence-corrected chi connectivity index (χ1v) is 12.0. The predicted octanol–water partition coefficient (Wildman–Crippen LogP) is 4.99. The topological polar surface area (TPSA) is 93.5 Å². The summed E-state index contributed by atoms with van der Waals surface area (Å²) in [4.78, 5) is 9.11. The van der Waals surface area contributed by atoms with Crippen LogP contribution in [0.2, 0.25) is 5.02 Å². The summed E-state index contributed by atoms with van der Waals surface area (Å²) in [6.07, 6.45) is 11.0. The number of anilines is 1. The molecular formula is C27H25ClFN5O3. The average molecular weight is 522 g/mol. The summed E-state index contributed by atoms with van der Waals surface area (Å²) in [5, 5.41) is 16.4. The van der Waals surface area contributed by atoms with Crippen LogP contribution < -0.4 is 10.6 Å². The van der Waals surface area contributed by atoms with Gasteiger partial charge in [-0.3, -0.25) is 0 Å². The molecule has 3 heterocycles. The van der Waals surface area contributed by atoms with Gasteiger partial charge in [0.1, 0.15) is 11.6 Å². The Balaban J connectivity index is 1.33. The van der Waals surface area contributed by atoms with E-state index in [1.807, 2.05) is 43.0 Å². The van der Waals surface area contributed by atoms with Gasteiger partial charge in [0.05, 0.1) is 17.7 Å². The Hall–Kier alpha value is -3.88. The van der Waals surface area contributed by atoms with Crippen LogP contribution in [0.3, 0.4) is 0 Å². The smallest absolute Gasteiger partial charge is 0.232 e. The van der Waals surface area contributed by atoms with Crippen molar-refractivity contribution in [2.45, 2.75) is 25.9 Å². The Labute approximate surface area is 218 Å². The number of benzene rings is 1. The lowest BCUT2D eigenvalue weighted by Gasteiger charge is -2.22. The number of nitrogens with one attached hydrogen (secondary N) is 2. The third-order valence-corrected chi connectivity index (χ3v) is 6.32. The molecule has 0 fully saturated rings. The van der Waals surface area contributed by atoms with Crippen LogP contribution in [0, 0.1) is 12.7 Å². The number of ether oxygens (including phenoxy) is 2. The molecule has 10 heteroatoms. The maximum absolute atomic E-state index is 14.5. The van der Waals surface area contributed by atoms with Crippen molar-refractivity contribution in [3.05, 3.63) is 112 Å². The number of aryl methyl sites for hydroxylation is 1. The molecule has 0 radical (unpaired) electrons. The number of hydrogen-bond acceptors (Lipinski definition) is 7. The first-order valence-electron chi connectivity index (χ1n) is 11.7. The molecule has 0 saturated carbocycles. The second kappa shape index (κ2) is 10.6. The van der Waals surface area contributed by atoms with Crippen LogP contribution in [-0.2, 0) is 9.47 Å². The molecule has 37 heavy (non-hydrogen) atoms. The van der Waals surface area contributed by atoms with Crippen LogP contribution in [0.25, 0.3) is 5.82 Å². The van der Waals surface area contributed by atoms with E-state index in [1.165, 1.54) is 6.07 Å². The molecule has 5 rings (SSSR count). The molecule has 190 valence electrons. The van der Waals surface area contributed by atoms with E-state index in [0.717, 1.165) is 16.8 Å². The Kier molecular flexibility index (Phi) is 7.12. The van der Waals surface area contributed by atoms with E-state index in [4.69, 9.17) is 26.1 Å². The van der Waals surface area contributed by atoms with E-state index in [2.05, 4.69) is 21.3 Å². The van der Waals surface area contributed by atoms with E-state index in [9.17, 15) is 9.50 Å². The summed E-state index contributed by atoms with van der Waals surface area (Å²) in [6, 6.07) is 5.90. The maximum atomic E-state index is 14.5. The lowest BCUT2D eigenvalue weighted by atomic mass is 10.0. The maximum Gasteiger partial charge on any atom is 0.232 e. The van der Waals surface area contributed by atoms with Crippen molar-refractivity contribution >= 4 is 17.5 Å². The van der Waals surface area contributed by atoms with Gasteiger partial charge in [0.15, 0.2) is 11.5 Å². The minimum absolute atomic E-state index is 0.0211. The predicted molar refractivity (Wildman–Crippen MR) is 137 cm³/mol. The Morgan fingerprint density at radius 2 is 2.08 bits per heavy atom. The molecule has 0 amide bonds. The van der Waals surface area contributed by atoms with Crippen molar-refractivity contribution in [2.24, 2.45) is 0 Å². The first-order chi connectivity index (χ1) is 17.9. The molecule has 3 N–H and O–H groups in total. The van der Waals surface area contributed by atoms with Crippen LogP contribution in [0.1, 0.15) is 35.7 Å². The van der Waals surface area contributed by atoms with Gasteiger partial charge in [0.25, 0.3) is 0 Å². The van der Waals surface area contributed by atoms with Crippen molar-refractivity contribution in [1.82, 2.24) is 19.9 Å².